The maximum Gasteiger partial charge on any atom is 0.258 e. The molecule has 1 unspecified atom stereocenters. The van der Waals surface area contributed by atoms with Gasteiger partial charge in [-0.3, -0.25) is 4.79 Å². The van der Waals surface area contributed by atoms with Crippen LogP contribution in [-0.4, -0.2) is 30.7 Å². The van der Waals surface area contributed by atoms with Crippen LogP contribution in [0, 0.1) is 0 Å². The molecule has 0 aliphatic heterocycles. The second kappa shape index (κ2) is 8.22. The Labute approximate surface area is 158 Å². The van der Waals surface area contributed by atoms with Gasteiger partial charge in [0.2, 0.25) is 0 Å². The van der Waals surface area contributed by atoms with Gasteiger partial charge in [-0.15, -0.1) is 0 Å². The fourth-order valence-corrected chi connectivity index (χ4v) is 3.11. The number of hydrogen-bond donors (Lipinski definition) is 2. The van der Waals surface area contributed by atoms with Gasteiger partial charge in [0.1, 0.15) is 12.6 Å². The number of quaternary nitrogens is 1. The van der Waals surface area contributed by atoms with Crippen molar-refractivity contribution in [2.24, 2.45) is 0 Å². The van der Waals surface area contributed by atoms with Crippen molar-refractivity contribution in [1.29, 1.82) is 0 Å². The molecule has 0 aliphatic carbocycles. The summed E-state index contributed by atoms with van der Waals surface area (Å²) in [5.74, 6) is 2.16. The molecule has 0 saturated heterocycles. The zero-order valence-electron chi connectivity index (χ0n) is 16.2. The summed E-state index contributed by atoms with van der Waals surface area (Å²) in [6.07, 6.45) is 0. The highest BCUT2D eigenvalue weighted by atomic mass is 16.5. The van der Waals surface area contributed by atoms with Crippen molar-refractivity contribution in [3.05, 3.63) is 64.2 Å². The van der Waals surface area contributed by atoms with Crippen molar-refractivity contribution in [2.75, 3.05) is 20.8 Å². The fraction of sp³-hybridized carbons (Fsp3) is 0.333. The number of para-hydroxylation sites is 1. The third-order valence-electron chi connectivity index (χ3n) is 4.79. The van der Waals surface area contributed by atoms with E-state index < -0.39 is 0 Å². The topological polar surface area (TPSA) is 68.7 Å². The van der Waals surface area contributed by atoms with Gasteiger partial charge in [0, 0.05) is 5.56 Å². The molecule has 2 atom stereocenters. The van der Waals surface area contributed by atoms with E-state index in [1.807, 2.05) is 43.3 Å². The second-order valence-corrected chi connectivity index (χ2v) is 6.63. The molecule has 0 bridgehead atoms. The zero-order chi connectivity index (χ0) is 19.4. The van der Waals surface area contributed by atoms with Crippen molar-refractivity contribution in [3.63, 3.8) is 0 Å². The number of hydrogen-bond acceptors (Lipinski definition) is 4. The highest BCUT2D eigenvalue weighted by molar-refractivity contribution is 5.77. The Kier molecular flexibility index (Phi) is 5.76. The van der Waals surface area contributed by atoms with E-state index in [0.717, 1.165) is 29.1 Å². The summed E-state index contributed by atoms with van der Waals surface area (Å²) in [4.78, 5) is 21.1. The lowest BCUT2D eigenvalue weighted by atomic mass is 10.1. The molecule has 0 aliphatic rings. The molecular formula is C21H26N3O3+. The smallest absolute Gasteiger partial charge is 0.258 e. The van der Waals surface area contributed by atoms with Gasteiger partial charge in [-0.05, 0) is 44.2 Å². The van der Waals surface area contributed by atoms with E-state index in [9.17, 15) is 4.79 Å². The van der Waals surface area contributed by atoms with E-state index in [4.69, 9.17) is 9.47 Å². The molecule has 1 heterocycles. The third kappa shape index (κ3) is 4.11. The summed E-state index contributed by atoms with van der Waals surface area (Å²) < 4.78 is 11.0. The number of nitrogens with zero attached hydrogens (tertiary/aromatic N) is 1. The van der Waals surface area contributed by atoms with E-state index in [1.165, 1.54) is 4.90 Å². The molecule has 0 fully saturated rings. The number of benzene rings is 2. The first-order valence-corrected chi connectivity index (χ1v) is 9.14. The van der Waals surface area contributed by atoms with Gasteiger partial charge in [-0.25, -0.2) is 4.98 Å². The van der Waals surface area contributed by atoms with Crippen LogP contribution in [0.3, 0.4) is 0 Å². The molecule has 0 saturated carbocycles. The van der Waals surface area contributed by atoms with Gasteiger partial charge in [-0.1, -0.05) is 12.1 Å². The van der Waals surface area contributed by atoms with Gasteiger partial charge < -0.3 is 19.4 Å². The van der Waals surface area contributed by atoms with Crippen LogP contribution in [0.25, 0.3) is 10.9 Å². The Morgan fingerprint density at radius 2 is 1.96 bits per heavy atom. The first-order valence-electron chi connectivity index (χ1n) is 9.14. The standard InChI is InChI=1S/C21H25N3O3/c1-5-27-18-11-10-15(12-19(18)26-4)13-24(3)14(2)20-22-17-9-7-6-8-16(17)21(25)23-20/h6-12,14H,5,13H2,1-4H3,(H,22,23,25)/p+1/t14-/m1/s1. The monoisotopic (exact) mass is 368 g/mol. The van der Waals surface area contributed by atoms with Crippen LogP contribution in [0.1, 0.15) is 31.3 Å². The van der Waals surface area contributed by atoms with E-state index in [1.54, 1.807) is 13.2 Å². The zero-order valence-corrected chi connectivity index (χ0v) is 16.2. The van der Waals surface area contributed by atoms with Crippen LogP contribution in [0.2, 0.25) is 0 Å². The van der Waals surface area contributed by atoms with E-state index in [2.05, 4.69) is 23.9 Å². The summed E-state index contributed by atoms with van der Waals surface area (Å²) in [7, 11) is 3.73. The minimum Gasteiger partial charge on any atom is -0.493 e. The molecule has 0 spiro atoms. The number of nitrogens with one attached hydrogen (secondary N) is 2. The van der Waals surface area contributed by atoms with E-state index in [0.29, 0.717) is 17.8 Å². The number of fused-ring (bicyclic) bond motifs is 1. The Balaban J connectivity index is 1.82. The number of rotatable bonds is 7. The van der Waals surface area contributed by atoms with Crippen molar-refractivity contribution >= 4 is 10.9 Å². The molecule has 6 heteroatoms. The molecule has 6 nitrogen and oxygen atoms in total. The first-order chi connectivity index (χ1) is 13.0. The van der Waals surface area contributed by atoms with E-state index in [-0.39, 0.29) is 11.6 Å². The number of aromatic nitrogens is 2. The number of H-pyrrole nitrogens is 1. The number of aromatic amines is 1. The Morgan fingerprint density at radius 3 is 2.70 bits per heavy atom. The molecule has 3 rings (SSSR count). The summed E-state index contributed by atoms with van der Waals surface area (Å²) in [6.45, 7) is 5.37. The van der Waals surface area contributed by atoms with Crippen LogP contribution >= 0.6 is 0 Å². The highest BCUT2D eigenvalue weighted by Crippen LogP contribution is 2.27. The van der Waals surface area contributed by atoms with Crippen molar-refractivity contribution in [3.8, 4) is 11.5 Å². The summed E-state index contributed by atoms with van der Waals surface area (Å²) in [6, 6.07) is 13.4. The Hall–Kier alpha value is -2.86. The number of ether oxygens (including phenoxy) is 2. The predicted octanol–water partition coefficient (Wildman–Crippen LogP) is 2.11. The van der Waals surface area contributed by atoms with Gasteiger partial charge in [0.15, 0.2) is 17.3 Å². The van der Waals surface area contributed by atoms with Gasteiger partial charge in [0.25, 0.3) is 5.56 Å². The first kappa shape index (κ1) is 18.9. The summed E-state index contributed by atoms with van der Waals surface area (Å²) in [5.41, 5.74) is 1.75. The van der Waals surface area contributed by atoms with Gasteiger partial charge in [-0.2, -0.15) is 0 Å². The molecule has 0 amide bonds. The average Bonchev–Trinajstić information content (AvgIpc) is 2.68. The molecule has 1 aromatic heterocycles. The lowest BCUT2D eigenvalue weighted by molar-refractivity contribution is -0.924. The maximum atomic E-state index is 12.3. The lowest BCUT2D eigenvalue weighted by Crippen LogP contribution is -3.07. The molecule has 27 heavy (non-hydrogen) atoms. The van der Waals surface area contributed by atoms with Crippen molar-refractivity contribution < 1.29 is 14.4 Å². The largest absolute Gasteiger partial charge is 0.493 e. The Morgan fingerprint density at radius 1 is 1.19 bits per heavy atom. The van der Waals surface area contributed by atoms with Gasteiger partial charge >= 0.3 is 0 Å². The lowest BCUT2D eigenvalue weighted by Gasteiger charge is -2.21. The third-order valence-corrected chi connectivity index (χ3v) is 4.79. The molecule has 2 aromatic carbocycles. The quantitative estimate of drug-likeness (QED) is 0.670. The van der Waals surface area contributed by atoms with Crippen LogP contribution < -0.4 is 19.9 Å². The predicted molar refractivity (Wildman–Crippen MR) is 106 cm³/mol. The van der Waals surface area contributed by atoms with Crippen LogP contribution in [-0.2, 0) is 6.54 Å². The molecule has 3 aromatic rings. The van der Waals surface area contributed by atoms with E-state index >= 15 is 0 Å². The molecule has 0 radical (unpaired) electrons. The maximum absolute atomic E-state index is 12.3. The summed E-state index contributed by atoms with van der Waals surface area (Å²) in [5, 5.41) is 0.613. The van der Waals surface area contributed by atoms with Crippen LogP contribution in [0.5, 0.6) is 11.5 Å². The minimum atomic E-state index is -0.0991. The number of methoxy groups -OCH3 is 1. The van der Waals surface area contributed by atoms with Gasteiger partial charge in [0.05, 0.1) is 31.7 Å². The van der Waals surface area contributed by atoms with Crippen LogP contribution in [0.15, 0.2) is 47.3 Å². The van der Waals surface area contributed by atoms with Crippen molar-refractivity contribution in [1.82, 2.24) is 9.97 Å². The average molecular weight is 368 g/mol. The highest BCUT2D eigenvalue weighted by Gasteiger charge is 2.20. The molecule has 142 valence electrons. The minimum absolute atomic E-state index is 0.0277. The SMILES string of the molecule is CCOc1ccc(C[NH+](C)[C@H](C)c2nc3ccccc3c(=O)[nH]2)cc1OC. The molecule has 2 N–H and O–H groups in total. The Bertz CT molecular complexity index is 984. The normalized spacial score (nSPS) is 13.3. The summed E-state index contributed by atoms with van der Waals surface area (Å²) >= 11 is 0. The molecular weight excluding hydrogens is 342 g/mol. The van der Waals surface area contributed by atoms with Crippen LogP contribution in [0.4, 0.5) is 0 Å². The fourth-order valence-electron chi connectivity index (χ4n) is 3.11. The van der Waals surface area contributed by atoms with Crippen molar-refractivity contribution in [2.45, 2.75) is 26.4 Å². The second-order valence-electron chi connectivity index (χ2n) is 6.63.